The van der Waals surface area contributed by atoms with E-state index in [0.717, 1.165) is 24.3 Å². The Morgan fingerprint density at radius 1 is 1.24 bits per heavy atom. The molecule has 0 aromatic heterocycles. The number of rotatable bonds is 8. The van der Waals surface area contributed by atoms with Crippen molar-refractivity contribution in [1.82, 2.24) is 0 Å². The third kappa shape index (κ3) is 6.32. The summed E-state index contributed by atoms with van der Waals surface area (Å²) in [6.45, 7) is 4.80. The van der Waals surface area contributed by atoms with E-state index in [-0.39, 0.29) is 6.10 Å². The molecule has 1 atom stereocenters. The summed E-state index contributed by atoms with van der Waals surface area (Å²) in [6, 6.07) is 8.01. The summed E-state index contributed by atoms with van der Waals surface area (Å²) < 4.78 is 5.69. The Bertz CT molecular complexity index is 308. The van der Waals surface area contributed by atoms with Gasteiger partial charge in [0.2, 0.25) is 0 Å². The highest BCUT2D eigenvalue weighted by Gasteiger charge is 2.00. The minimum Gasteiger partial charge on any atom is -0.494 e. The summed E-state index contributed by atoms with van der Waals surface area (Å²) in [4.78, 5) is 0. The molecule has 2 heteroatoms. The van der Waals surface area contributed by atoms with Crippen LogP contribution < -0.4 is 4.74 Å². The zero-order valence-electron chi connectivity index (χ0n) is 11.0. The second kappa shape index (κ2) is 8.13. The molecule has 1 rings (SSSR count). The molecule has 0 amide bonds. The zero-order valence-corrected chi connectivity index (χ0v) is 11.0. The molecular weight excluding hydrogens is 212 g/mol. The summed E-state index contributed by atoms with van der Waals surface area (Å²) in [5, 5.41) is 9.33. The summed E-state index contributed by atoms with van der Waals surface area (Å²) in [5.41, 5.74) is 1.13. The fourth-order valence-corrected chi connectivity index (χ4v) is 1.82. The van der Waals surface area contributed by atoms with Crippen LogP contribution in [0.2, 0.25) is 0 Å². The van der Waals surface area contributed by atoms with Crippen molar-refractivity contribution in [3.05, 3.63) is 29.8 Å². The lowest BCUT2D eigenvalue weighted by molar-refractivity contribution is 0.195. The Morgan fingerprint density at radius 2 is 2.06 bits per heavy atom. The molecular formula is C15H24O2. The third-order valence-electron chi connectivity index (χ3n) is 2.70. The van der Waals surface area contributed by atoms with Gasteiger partial charge in [-0.3, -0.25) is 0 Å². The van der Waals surface area contributed by atoms with E-state index in [2.05, 4.69) is 6.92 Å². The van der Waals surface area contributed by atoms with E-state index in [1.54, 1.807) is 6.92 Å². The molecule has 0 spiro atoms. The maximum absolute atomic E-state index is 9.33. The SMILES string of the molecule is CCCCCCOc1cccc(CC(C)O)c1. The van der Waals surface area contributed by atoms with Gasteiger partial charge in [-0.1, -0.05) is 38.3 Å². The van der Waals surface area contributed by atoms with Gasteiger partial charge >= 0.3 is 0 Å². The standard InChI is InChI=1S/C15H24O2/c1-3-4-5-6-10-17-15-9-7-8-14(12-15)11-13(2)16/h7-9,12-13,16H,3-6,10-11H2,1-2H3. The molecule has 1 unspecified atom stereocenters. The fraction of sp³-hybridized carbons (Fsp3) is 0.600. The minimum atomic E-state index is -0.296. The van der Waals surface area contributed by atoms with E-state index >= 15 is 0 Å². The summed E-state index contributed by atoms with van der Waals surface area (Å²) in [6.07, 6.45) is 5.29. The Kier molecular flexibility index (Phi) is 6.71. The van der Waals surface area contributed by atoms with Crippen LogP contribution in [0.5, 0.6) is 5.75 Å². The van der Waals surface area contributed by atoms with Crippen LogP contribution in [0.3, 0.4) is 0 Å². The lowest BCUT2D eigenvalue weighted by Crippen LogP contribution is -2.04. The first kappa shape index (κ1) is 14.0. The van der Waals surface area contributed by atoms with E-state index in [4.69, 9.17) is 4.74 Å². The lowest BCUT2D eigenvalue weighted by atomic mass is 10.1. The third-order valence-corrected chi connectivity index (χ3v) is 2.70. The molecule has 0 fully saturated rings. The van der Waals surface area contributed by atoms with Gasteiger partial charge in [0.05, 0.1) is 12.7 Å². The first-order valence-electron chi connectivity index (χ1n) is 6.62. The van der Waals surface area contributed by atoms with Crippen molar-refractivity contribution in [3.63, 3.8) is 0 Å². The number of unbranched alkanes of at least 4 members (excludes halogenated alkanes) is 3. The second-order valence-electron chi connectivity index (χ2n) is 4.61. The van der Waals surface area contributed by atoms with E-state index < -0.39 is 0 Å². The predicted molar refractivity (Wildman–Crippen MR) is 71.5 cm³/mol. The molecule has 96 valence electrons. The van der Waals surface area contributed by atoms with Crippen molar-refractivity contribution in [2.24, 2.45) is 0 Å². The van der Waals surface area contributed by atoms with Gasteiger partial charge in [-0.25, -0.2) is 0 Å². The molecule has 17 heavy (non-hydrogen) atoms. The number of benzene rings is 1. The molecule has 1 N–H and O–H groups in total. The first-order valence-corrected chi connectivity index (χ1v) is 6.62. The van der Waals surface area contributed by atoms with Crippen molar-refractivity contribution < 1.29 is 9.84 Å². The lowest BCUT2D eigenvalue weighted by Gasteiger charge is -2.09. The van der Waals surface area contributed by atoms with E-state index in [0.29, 0.717) is 6.42 Å². The van der Waals surface area contributed by atoms with Gasteiger partial charge in [-0.2, -0.15) is 0 Å². The number of ether oxygens (including phenoxy) is 1. The molecule has 0 aliphatic rings. The summed E-state index contributed by atoms with van der Waals surface area (Å²) >= 11 is 0. The highest BCUT2D eigenvalue weighted by atomic mass is 16.5. The molecule has 0 saturated heterocycles. The zero-order chi connectivity index (χ0) is 12.5. The smallest absolute Gasteiger partial charge is 0.119 e. The Labute approximate surface area is 105 Å². The number of hydrogen-bond donors (Lipinski definition) is 1. The minimum absolute atomic E-state index is 0.296. The highest BCUT2D eigenvalue weighted by molar-refractivity contribution is 5.28. The maximum atomic E-state index is 9.33. The summed E-state index contributed by atoms with van der Waals surface area (Å²) in [5.74, 6) is 0.916. The predicted octanol–water partition coefficient (Wildman–Crippen LogP) is 3.57. The van der Waals surface area contributed by atoms with Crippen molar-refractivity contribution >= 4 is 0 Å². The fourth-order valence-electron chi connectivity index (χ4n) is 1.82. The summed E-state index contributed by atoms with van der Waals surface area (Å²) in [7, 11) is 0. The van der Waals surface area contributed by atoms with Crippen LogP contribution in [-0.2, 0) is 6.42 Å². The topological polar surface area (TPSA) is 29.5 Å². The average molecular weight is 236 g/mol. The molecule has 0 aliphatic carbocycles. The molecule has 2 nitrogen and oxygen atoms in total. The molecule has 1 aromatic carbocycles. The number of hydrogen-bond acceptors (Lipinski definition) is 2. The average Bonchev–Trinajstić information content (AvgIpc) is 2.28. The number of aliphatic hydroxyl groups excluding tert-OH is 1. The second-order valence-corrected chi connectivity index (χ2v) is 4.61. The Hall–Kier alpha value is -1.02. The van der Waals surface area contributed by atoms with Crippen LogP contribution in [0.15, 0.2) is 24.3 Å². The largest absolute Gasteiger partial charge is 0.494 e. The van der Waals surface area contributed by atoms with Crippen LogP contribution >= 0.6 is 0 Å². The van der Waals surface area contributed by atoms with Crippen LogP contribution in [0.1, 0.15) is 45.1 Å². The molecule has 0 bridgehead atoms. The van der Waals surface area contributed by atoms with Crippen LogP contribution in [0, 0.1) is 0 Å². The molecule has 0 aliphatic heterocycles. The normalized spacial score (nSPS) is 12.4. The van der Waals surface area contributed by atoms with Crippen LogP contribution in [0.25, 0.3) is 0 Å². The van der Waals surface area contributed by atoms with Crippen molar-refractivity contribution in [1.29, 1.82) is 0 Å². The van der Waals surface area contributed by atoms with Gasteiger partial charge in [0.1, 0.15) is 5.75 Å². The van der Waals surface area contributed by atoms with Crippen molar-refractivity contribution in [2.45, 2.75) is 52.1 Å². The van der Waals surface area contributed by atoms with E-state index in [9.17, 15) is 5.11 Å². The van der Waals surface area contributed by atoms with Gasteiger partial charge in [0.25, 0.3) is 0 Å². The van der Waals surface area contributed by atoms with Crippen molar-refractivity contribution in [2.75, 3.05) is 6.61 Å². The maximum Gasteiger partial charge on any atom is 0.119 e. The van der Waals surface area contributed by atoms with Gasteiger partial charge in [0.15, 0.2) is 0 Å². The monoisotopic (exact) mass is 236 g/mol. The molecule has 0 radical (unpaired) electrons. The van der Waals surface area contributed by atoms with Gasteiger partial charge in [0, 0.05) is 0 Å². The van der Waals surface area contributed by atoms with E-state index in [1.165, 1.54) is 19.3 Å². The van der Waals surface area contributed by atoms with Crippen LogP contribution in [0.4, 0.5) is 0 Å². The van der Waals surface area contributed by atoms with Gasteiger partial charge in [-0.05, 0) is 37.5 Å². The highest BCUT2D eigenvalue weighted by Crippen LogP contribution is 2.15. The Morgan fingerprint density at radius 3 is 2.76 bits per heavy atom. The first-order chi connectivity index (χ1) is 8.22. The van der Waals surface area contributed by atoms with Gasteiger partial charge < -0.3 is 9.84 Å². The van der Waals surface area contributed by atoms with Crippen LogP contribution in [-0.4, -0.2) is 17.8 Å². The molecule has 1 aromatic rings. The van der Waals surface area contributed by atoms with Gasteiger partial charge in [-0.15, -0.1) is 0 Å². The van der Waals surface area contributed by atoms with E-state index in [1.807, 2.05) is 24.3 Å². The number of aliphatic hydroxyl groups is 1. The quantitative estimate of drug-likeness (QED) is 0.699. The molecule has 0 saturated carbocycles. The molecule has 0 heterocycles. The Balaban J connectivity index is 2.32. The van der Waals surface area contributed by atoms with Crippen molar-refractivity contribution in [3.8, 4) is 5.75 Å².